The third-order valence-electron chi connectivity index (χ3n) is 5.29. The van der Waals surface area contributed by atoms with Crippen molar-refractivity contribution in [2.45, 2.75) is 43.2 Å². The van der Waals surface area contributed by atoms with Crippen molar-refractivity contribution in [1.82, 2.24) is 0 Å². The highest BCUT2D eigenvalue weighted by atomic mass is 16.7. The lowest BCUT2D eigenvalue weighted by Gasteiger charge is -2.36. The van der Waals surface area contributed by atoms with Gasteiger partial charge in [-0.15, -0.1) is 0 Å². The van der Waals surface area contributed by atoms with E-state index in [1.165, 1.54) is 7.11 Å². The largest absolute Gasteiger partial charge is 0.472 e. The molecular weight excluding hydrogens is 380 g/mol. The Hall–Kier alpha value is -1.60. The van der Waals surface area contributed by atoms with Crippen LogP contribution in [0.3, 0.4) is 0 Å². The van der Waals surface area contributed by atoms with E-state index in [1.807, 2.05) is 0 Å². The Labute approximate surface area is 160 Å². The molecule has 0 saturated heterocycles. The summed E-state index contributed by atoms with van der Waals surface area (Å²) in [5.74, 6) is -2.44. The van der Waals surface area contributed by atoms with E-state index in [2.05, 4.69) is 0 Å². The number of ether oxygens (including phenoxy) is 3. The molecule has 6 N–H and O–H groups in total. The number of carbonyl (C=O) groups is 2. The standard InChI is InChI=1S/C17H26O11/c1-26-16(25)9-5-27-17(13-7(9)2-10(20)8(13)3-18)28-6-12(22)15(24)14(23)11(21)4-19/h4-5,7-8,10-15,17-18,20-24H,2-3,6H2,1H3. The van der Waals surface area contributed by atoms with E-state index in [-0.39, 0.29) is 18.3 Å². The van der Waals surface area contributed by atoms with Crippen molar-refractivity contribution in [1.29, 1.82) is 0 Å². The number of hydrogen-bond acceptors (Lipinski definition) is 11. The van der Waals surface area contributed by atoms with Crippen molar-refractivity contribution >= 4 is 12.3 Å². The molecule has 11 heteroatoms. The Kier molecular flexibility index (Phi) is 7.89. The maximum absolute atomic E-state index is 11.9. The Balaban J connectivity index is 2.09. The van der Waals surface area contributed by atoms with Crippen LogP contribution in [-0.4, -0.2) is 100 Å². The Morgan fingerprint density at radius 1 is 1.32 bits per heavy atom. The van der Waals surface area contributed by atoms with E-state index in [0.717, 1.165) is 6.26 Å². The fourth-order valence-electron chi connectivity index (χ4n) is 3.70. The molecule has 1 saturated carbocycles. The topological polar surface area (TPSA) is 183 Å². The number of hydrogen-bond donors (Lipinski definition) is 6. The van der Waals surface area contributed by atoms with E-state index < -0.39 is 73.7 Å². The highest BCUT2D eigenvalue weighted by Crippen LogP contribution is 2.47. The minimum Gasteiger partial charge on any atom is -0.472 e. The van der Waals surface area contributed by atoms with Crippen LogP contribution in [0.25, 0.3) is 0 Å². The molecule has 0 aromatic carbocycles. The molecule has 11 nitrogen and oxygen atoms in total. The molecule has 0 aromatic rings. The van der Waals surface area contributed by atoms with Gasteiger partial charge in [-0.3, -0.25) is 0 Å². The van der Waals surface area contributed by atoms with E-state index in [0.29, 0.717) is 0 Å². The van der Waals surface area contributed by atoms with Crippen LogP contribution in [0, 0.1) is 17.8 Å². The van der Waals surface area contributed by atoms with Crippen molar-refractivity contribution in [3.63, 3.8) is 0 Å². The molecule has 9 atom stereocenters. The summed E-state index contributed by atoms with van der Waals surface area (Å²) in [5.41, 5.74) is 0.187. The lowest BCUT2D eigenvalue weighted by molar-refractivity contribution is -0.198. The highest BCUT2D eigenvalue weighted by molar-refractivity contribution is 5.89. The van der Waals surface area contributed by atoms with Crippen LogP contribution in [0.4, 0.5) is 0 Å². The predicted octanol–water partition coefficient (Wildman–Crippen LogP) is -3.34. The second-order valence-corrected chi connectivity index (χ2v) is 6.91. The predicted molar refractivity (Wildman–Crippen MR) is 89.2 cm³/mol. The van der Waals surface area contributed by atoms with Crippen molar-refractivity contribution in [3.05, 3.63) is 11.8 Å². The molecule has 160 valence electrons. The van der Waals surface area contributed by atoms with Gasteiger partial charge in [-0.1, -0.05) is 0 Å². The third-order valence-corrected chi connectivity index (χ3v) is 5.29. The lowest BCUT2D eigenvalue weighted by atomic mass is 9.83. The second kappa shape index (κ2) is 9.74. The molecule has 0 radical (unpaired) electrons. The fraction of sp³-hybridized carbons (Fsp3) is 0.765. The van der Waals surface area contributed by atoms with Gasteiger partial charge < -0.3 is 49.6 Å². The number of methoxy groups -OCH3 is 1. The van der Waals surface area contributed by atoms with Gasteiger partial charge in [-0.05, 0) is 6.42 Å². The van der Waals surface area contributed by atoms with Crippen LogP contribution in [0.1, 0.15) is 6.42 Å². The summed E-state index contributed by atoms with van der Waals surface area (Å²) in [4.78, 5) is 22.4. The summed E-state index contributed by atoms with van der Waals surface area (Å²) >= 11 is 0. The highest BCUT2D eigenvalue weighted by Gasteiger charge is 2.52. The second-order valence-electron chi connectivity index (χ2n) is 6.91. The minimum absolute atomic E-state index is 0.0151. The van der Waals surface area contributed by atoms with Gasteiger partial charge in [0.2, 0.25) is 6.29 Å². The molecular formula is C17H26O11. The van der Waals surface area contributed by atoms with E-state index >= 15 is 0 Å². The number of aldehydes is 1. The van der Waals surface area contributed by atoms with Gasteiger partial charge in [0.05, 0.1) is 31.7 Å². The van der Waals surface area contributed by atoms with E-state index in [9.17, 15) is 40.2 Å². The number of carbonyl (C=O) groups excluding carboxylic acids is 2. The fourth-order valence-corrected chi connectivity index (χ4v) is 3.70. The molecule has 1 heterocycles. The van der Waals surface area contributed by atoms with Crippen molar-refractivity contribution < 1.29 is 54.4 Å². The first-order chi connectivity index (χ1) is 13.3. The van der Waals surface area contributed by atoms with Crippen molar-refractivity contribution in [3.8, 4) is 0 Å². The number of esters is 1. The zero-order valence-electron chi connectivity index (χ0n) is 15.2. The molecule has 2 rings (SSSR count). The maximum Gasteiger partial charge on any atom is 0.337 e. The summed E-state index contributed by atoms with van der Waals surface area (Å²) in [5, 5.41) is 58.4. The molecule has 0 spiro atoms. The smallest absolute Gasteiger partial charge is 0.337 e. The van der Waals surface area contributed by atoms with Gasteiger partial charge in [0.25, 0.3) is 0 Å². The average Bonchev–Trinajstić information content (AvgIpc) is 3.05. The monoisotopic (exact) mass is 406 g/mol. The molecule has 1 fully saturated rings. The van der Waals surface area contributed by atoms with Crippen LogP contribution < -0.4 is 0 Å². The van der Waals surface area contributed by atoms with Crippen LogP contribution in [0.5, 0.6) is 0 Å². The molecule has 1 aliphatic heterocycles. The van der Waals surface area contributed by atoms with Gasteiger partial charge >= 0.3 is 5.97 Å². The summed E-state index contributed by atoms with van der Waals surface area (Å²) in [6.07, 6.45) is -7.99. The summed E-state index contributed by atoms with van der Waals surface area (Å²) < 4.78 is 15.6. The van der Waals surface area contributed by atoms with Gasteiger partial charge in [0.15, 0.2) is 6.29 Å². The number of aliphatic hydroxyl groups excluding tert-OH is 6. The van der Waals surface area contributed by atoms with Crippen LogP contribution in [-0.2, 0) is 23.8 Å². The Bertz CT molecular complexity index is 579. The first-order valence-electron chi connectivity index (χ1n) is 8.78. The van der Waals surface area contributed by atoms with Crippen molar-refractivity contribution in [2.24, 2.45) is 17.8 Å². The molecule has 0 amide bonds. The van der Waals surface area contributed by atoms with Gasteiger partial charge in [-0.25, -0.2) is 4.79 Å². The molecule has 28 heavy (non-hydrogen) atoms. The van der Waals surface area contributed by atoms with Crippen LogP contribution in [0.2, 0.25) is 0 Å². The molecule has 1 aliphatic carbocycles. The summed E-state index contributed by atoms with van der Waals surface area (Å²) in [6.45, 7) is -0.942. The summed E-state index contributed by atoms with van der Waals surface area (Å²) in [6, 6.07) is 0. The van der Waals surface area contributed by atoms with Crippen LogP contribution in [0.15, 0.2) is 11.8 Å². The lowest BCUT2D eigenvalue weighted by Crippen LogP contribution is -2.48. The first kappa shape index (κ1) is 22.7. The SMILES string of the molecule is COC(=O)C1=COC(OCC(O)C(O)C(O)C(O)C=O)C2C1CC(O)C2CO. The molecule has 9 unspecified atom stereocenters. The van der Waals surface area contributed by atoms with Gasteiger partial charge in [-0.2, -0.15) is 0 Å². The average molecular weight is 406 g/mol. The first-order valence-corrected chi connectivity index (χ1v) is 8.78. The molecule has 0 bridgehead atoms. The normalized spacial score (nSPS) is 33.7. The maximum atomic E-state index is 11.9. The Morgan fingerprint density at radius 3 is 2.57 bits per heavy atom. The third kappa shape index (κ3) is 4.51. The molecule has 0 aromatic heterocycles. The number of rotatable bonds is 9. The number of aliphatic hydroxyl groups is 6. The zero-order valence-corrected chi connectivity index (χ0v) is 15.2. The number of fused-ring (bicyclic) bond motifs is 1. The van der Waals surface area contributed by atoms with Crippen molar-refractivity contribution in [2.75, 3.05) is 20.3 Å². The summed E-state index contributed by atoms with van der Waals surface area (Å²) in [7, 11) is 1.20. The zero-order chi connectivity index (χ0) is 21.0. The van der Waals surface area contributed by atoms with Gasteiger partial charge in [0.1, 0.15) is 24.4 Å². The quantitative estimate of drug-likeness (QED) is 0.166. The van der Waals surface area contributed by atoms with Gasteiger partial charge in [0, 0.05) is 24.4 Å². The van der Waals surface area contributed by atoms with Crippen LogP contribution >= 0.6 is 0 Å². The minimum atomic E-state index is -1.92. The van der Waals surface area contributed by atoms with E-state index in [1.54, 1.807) is 0 Å². The van der Waals surface area contributed by atoms with E-state index in [4.69, 9.17) is 14.2 Å². The Morgan fingerprint density at radius 2 is 2.00 bits per heavy atom. The molecule has 2 aliphatic rings.